The maximum Gasteiger partial charge on any atom is 0.182 e. The molecule has 0 saturated carbocycles. The molecule has 0 bridgehead atoms. The Bertz CT molecular complexity index is 353. The molecule has 1 aromatic carbocycles. The van der Waals surface area contributed by atoms with Gasteiger partial charge in [0.15, 0.2) is 5.78 Å². The van der Waals surface area contributed by atoms with Gasteiger partial charge in [0, 0.05) is 5.56 Å². The molecule has 16 heavy (non-hydrogen) atoms. The summed E-state index contributed by atoms with van der Waals surface area (Å²) in [6.07, 6.45) is 1.29. The molecule has 1 rings (SSSR count). The first-order valence-electron chi connectivity index (χ1n) is 5.55. The van der Waals surface area contributed by atoms with Crippen LogP contribution in [0.25, 0.3) is 0 Å². The Morgan fingerprint density at radius 3 is 2.12 bits per heavy atom. The zero-order valence-corrected chi connectivity index (χ0v) is 10.1. The summed E-state index contributed by atoms with van der Waals surface area (Å²) >= 11 is 0. The fraction of sp³-hybridized carbons (Fsp3) is 0.462. The number of hydrogen-bond donors (Lipinski definition) is 1. The first-order valence-corrected chi connectivity index (χ1v) is 5.55. The van der Waals surface area contributed by atoms with Gasteiger partial charge in [-0.2, -0.15) is 0 Å². The van der Waals surface area contributed by atoms with Gasteiger partial charge >= 0.3 is 0 Å². The summed E-state index contributed by atoms with van der Waals surface area (Å²) in [6.45, 7) is 3.87. The lowest BCUT2D eigenvalue weighted by atomic mass is 9.85. The van der Waals surface area contributed by atoms with Crippen molar-refractivity contribution in [2.75, 3.05) is 7.11 Å². The van der Waals surface area contributed by atoms with Crippen molar-refractivity contribution in [3.05, 3.63) is 29.8 Å². The van der Waals surface area contributed by atoms with E-state index in [2.05, 4.69) is 0 Å². The van der Waals surface area contributed by atoms with E-state index in [0.717, 1.165) is 5.75 Å². The molecule has 0 aliphatic rings. The van der Waals surface area contributed by atoms with E-state index in [1.165, 1.54) is 0 Å². The van der Waals surface area contributed by atoms with Crippen LogP contribution in [-0.4, -0.2) is 18.4 Å². The number of carbonyl (C=O) groups is 1. The second kappa shape index (κ2) is 5.12. The molecule has 0 radical (unpaired) electrons. The van der Waals surface area contributed by atoms with Crippen LogP contribution in [0.4, 0.5) is 0 Å². The zero-order chi connectivity index (χ0) is 12.2. The number of Topliss-reactive ketones (excluding diaryl/α,β-unsaturated/α-hetero) is 1. The van der Waals surface area contributed by atoms with E-state index >= 15 is 0 Å². The predicted molar refractivity (Wildman–Crippen MR) is 64.8 cm³/mol. The lowest BCUT2D eigenvalue weighted by molar-refractivity contribution is 0.0879. The normalized spacial score (nSPS) is 11.2. The highest BCUT2D eigenvalue weighted by Crippen LogP contribution is 2.20. The van der Waals surface area contributed by atoms with Gasteiger partial charge in [-0.05, 0) is 37.1 Å². The van der Waals surface area contributed by atoms with Crippen molar-refractivity contribution in [2.24, 2.45) is 5.73 Å². The Hall–Kier alpha value is -1.35. The largest absolute Gasteiger partial charge is 0.497 e. The number of ether oxygens (including phenoxy) is 1. The summed E-state index contributed by atoms with van der Waals surface area (Å²) < 4.78 is 5.04. The van der Waals surface area contributed by atoms with Crippen LogP contribution < -0.4 is 10.5 Å². The second-order valence-electron chi connectivity index (χ2n) is 3.92. The molecule has 0 unspecified atom stereocenters. The van der Waals surface area contributed by atoms with Crippen molar-refractivity contribution in [3.63, 3.8) is 0 Å². The highest BCUT2D eigenvalue weighted by atomic mass is 16.5. The van der Waals surface area contributed by atoms with Gasteiger partial charge in [-0.25, -0.2) is 0 Å². The van der Waals surface area contributed by atoms with Crippen molar-refractivity contribution >= 4 is 5.78 Å². The molecule has 0 aliphatic heterocycles. The maximum atomic E-state index is 12.2. The molecule has 1 aromatic rings. The van der Waals surface area contributed by atoms with Crippen molar-refractivity contribution in [2.45, 2.75) is 32.2 Å². The van der Waals surface area contributed by atoms with Crippen LogP contribution in [0.5, 0.6) is 5.75 Å². The van der Waals surface area contributed by atoms with Crippen LogP contribution >= 0.6 is 0 Å². The van der Waals surface area contributed by atoms with Crippen LogP contribution in [0.1, 0.15) is 37.0 Å². The van der Waals surface area contributed by atoms with Gasteiger partial charge in [-0.3, -0.25) is 4.79 Å². The summed E-state index contributed by atoms with van der Waals surface area (Å²) in [5.41, 5.74) is 5.97. The summed E-state index contributed by atoms with van der Waals surface area (Å²) in [5, 5.41) is 0. The minimum Gasteiger partial charge on any atom is -0.497 e. The number of nitrogens with two attached hydrogens (primary N) is 1. The van der Waals surface area contributed by atoms with Gasteiger partial charge in [0.2, 0.25) is 0 Å². The highest BCUT2D eigenvalue weighted by molar-refractivity contribution is 6.03. The van der Waals surface area contributed by atoms with Gasteiger partial charge < -0.3 is 10.5 Å². The van der Waals surface area contributed by atoms with Crippen molar-refractivity contribution in [1.82, 2.24) is 0 Å². The van der Waals surface area contributed by atoms with Gasteiger partial charge in [-0.15, -0.1) is 0 Å². The molecular weight excluding hydrogens is 202 g/mol. The second-order valence-corrected chi connectivity index (χ2v) is 3.92. The lowest BCUT2D eigenvalue weighted by Gasteiger charge is -2.24. The third-order valence-electron chi connectivity index (χ3n) is 3.07. The lowest BCUT2D eigenvalue weighted by Crippen LogP contribution is -2.46. The van der Waals surface area contributed by atoms with E-state index in [0.29, 0.717) is 18.4 Å². The molecule has 2 N–H and O–H groups in total. The van der Waals surface area contributed by atoms with E-state index in [1.807, 2.05) is 13.8 Å². The minimum absolute atomic E-state index is 0.000142. The Kier molecular flexibility index (Phi) is 4.07. The Labute approximate surface area is 96.6 Å². The molecule has 0 fully saturated rings. The predicted octanol–water partition coefficient (Wildman–Crippen LogP) is 2.40. The van der Waals surface area contributed by atoms with Crippen molar-refractivity contribution in [1.29, 1.82) is 0 Å². The number of rotatable bonds is 5. The third-order valence-corrected chi connectivity index (χ3v) is 3.07. The Balaban J connectivity index is 2.95. The molecule has 0 saturated heterocycles. The van der Waals surface area contributed by atoms with Gasteiger partial charge in [0.25, 0.3) is 0 Å². The number of methoxy groups -OCH3 is 1. The molecule has 0 heterocycles. The van der Waals surface area contributed by atoms with Gasteiger partial charge in [0.05, 0.1) is 12.6 Å². The van der Waals surface area contributed by atoms with E-state index in [-0.39, 0.29) is 5.78 Å². The topological polar surface area (TPSA) is 52.3 Å². The minimum atomic E-state index is -0.741. The van der Waals surface area contributed by atoms with Crippen LogP contribution in [0.15, 0.2) is 24.3 Å². The first kappa shape index (κ1) is 12.7. The fourth-order valence-corrected chi connectivity index (χ4v) is 1.60. The molecule has 0 amide bonds. The summed E-state index contributed by atoms with van der Waals surface area (Å²) in [5.74, 6) is 0.743. The Morgan fingerprint density at radius 1 is 1.25 bits per heavy atom. The van der Waals surface area contributed by atoms with Crippen molar-refractivity contribution in [3.8, 4) is 5.75 Å². The molecule has 0 spiro atoms. The average molecular weight is 221 g/mol. The molecule has 88 valence electrons. The Morgan fingerprint density at radius 2 is 1.75 bits per heavy atom. The monoisotopic (exact) mass is 221 g/mol. The van der Waals surface area contributed by atoms with E-state index in [1.54, 1.807) is 31.4 Å². The molecule has 0 aliphatic carbocycles. The number of hydrogen-bond acceptors (Lipinski definition) is 3. The summed E-state index contributed by atoms with van der Waals surface area (Å²) in [4.78, 5) is 12.2. The maximum absolute atomic E-state index is 12.2. The van der Waals surface area contributed by atoms with E-state index in [9.17, 15) is 4.79 Å². The van der Waals surface area contributed by atoms with Crippen LogP contribution in [0.2, 0.25) is 0 Å². The molecule has 0 atom stereocenters. The van der Waals surface area contributed by atoms with Crippen LogP contribution in [-0.2, 0) is 0 Å². The van der Waals surface area contributed by atoms with Crippen molar-refractivity contribution < 1.29 is 9.53 Å². The van der Waals surface area contributed by atoms with Crippen LogP contribution in [0.3, 0.4) is 0 Å². The molecule has 3 nitrogen and oxygen atoms in total. The smallest absolute Gasteiger partial charge is 0.182 e. The fourth-order valence-electron chi connectivity index (χ4n) is 1.60. The number of ketones is 1. The first-order chi connectivity index (χ1) is 7.57. The third kappa shape index (κ3) is 2.42. The van der Waals surface area contributed by atoms with Crippen LogP contribution in [0, 0.1) is 0 Å². The quantitative estimate of drug-likeness (QED) is 0.777. The SMILES string of the molecule is CCC(N)(CC)C(=O)c1ccc(OC)cc1. The number of benzene rings is 1. The standard InChI is InChI=1S/C13H19NO2/c1-4-13(14,5-2)12(15)10-6-8-11(16-3)9-7-10/h6-9H,4-5,14H2,1-3H3. The average Bonchev–Trinajstić information content (AvgIpc) is 2.37. The molecule has 3 heteroatoms. The van der Waals surface area contributed by atoms with E-state index in [4.69, 9.17) is 10.5 Å². The summed E-state index contributed by atoms with van der Waals surface area (Å²) in [7, 11) is 1.60. The molecule has 0 aromatic heterocycles. The van der Waals surface area contributed by atoms with Gasteiger partial charge in [0.1, 0.15) is 5.75 Å². The van der Waals surface area contributed by atoms with Gasteiger partial charge in [-0.1, -0.05) is 13.8 Å². The zero-order valence-electron chi connectivity index (χ0n) is 10.1. The van der Waals surface area contributed by atoms with E-state index < -0.39 is 5.54 Å². The number of carbonyl (C=O) groups excluding carboxylic acids is 1. The molecular formula is C13H19NO2. The summed E-state index contributed by atoms with van der Waals surface area (Å²) in [6, 6.07) is 7.07. The highest BCUT2D eigenvalue weighted by Gasteiger charge is 2.30.